The number of nitrogens with one attached hydrogen (secondary N) is 1. The first-order valence-corrected chi connectivity index (χ1v) is 10.5. The van der Waals surface area contributed by atoms with Crippen molar-refractivity contribution in [2.45, 2.75) is 38.8 Å². The topological polar surface area (TPSA) is 110 Å². The summed E-state index contributed by atoms with van der Waals surface area (Å²) in [6.45, 7) is 3.98. The van der Waals surface area contributed by atoms with Gasteiger partial charge in [-0.05, 0) is 56.0 Å². The van der Waals surface area contributed by atoms with E-state index in [9.17, 15) is 10.1 Å². The molecular formula is C24H24N4O4. The Kier molecular flexibility index (Phi) is 6.19. The largest absolute Gasteiger partial charge is 0.490 e. The Hall–Kier alpha value is -3.70. The van der Waals surface area contributed by atoms with Gasteiger partial charge in [0.25, 0.3) is 5.89 Å². The second-order valence-corrected chi connectivity index (χ2v) is 7.83. The predicted octanol–water partition coefficient (Wildman–Crippen LogP) is 3.81. The molecule has 8 heteroatoms. The Bertz CT molecular complexity index is 1180. The van der Waals surface area contributed by atoms with Gasteiger partial charge in [0.1, 0.15) is 11.8 Å². The first kappa shape index (κ1) is 21.5. The molecule has 1 atom stereocenters. The van der Waals surface area contributed by atoms with Gasteiger partial charge in [-0.1, -0.05) is 23.4 Å². The number of rotatable bonds is 7. The zero-order valence-electron chi connectivity index (χ0n) is 18.2. The average Bonchev–Trinajstić information content (AvgIpc) is 3.44. The van der Waals surface area contributed by atoms with Crippen molar-refractivity contribution in [3.05, 3.63) is 53.1 Å². The summed E-state index contributed by atoms with van der Waals surface area (Å²) in [5.74, 6) is 1.06. The fourth-order valence-electron chi connectivity index (χ4n) is 3.91. The number of esters is 1. The third kappa shape index (κ3) is 4.34. The molecule has 8 nitrogen and oxygen atoms in total. The molecule has 3 aromatic rings. The maximum Gasteiger partial charge on any atom is 0.319 e. The van der Waals surface area contributed by atoms with Crippen LogP contribution in [0.1, 0.15) is 43.0 Å². The Morgan fingerprint density at radius 3 is 2.94 bits per heavy atom. The third-order valence-corrected chi connectivity index (χ3v) is 5.37. The number of carbonyl (C=O) groups is 1. The Morgan fingerprint density at radius 2 is 2.19 bits per heavy atom. The van der Waals surface area contributed by atoms with E-state index in [-0.39, 0.29) is 24.7 Å². The summed E-state index contributed by atoms with van der Waals surface area (Å²) in [6.07, 6.45) is 1.68. The van der Waals surface area contributed by atoms with E-state index in [1.54, 1.807) is 18.2 Å². The quantitative estimate of drug-likeness (QED) is 0.561. The van der Waals surface area contributed by atoms with Gasteiger partial charge in [0.15, 0.2) is 0 Å². The van der Waals surface area contributed by atoms with Crippen molar-refractivity contribution < 1.29 is 18.8 Å². The first-order chi connectivity index (χ1) is 15.5. The summed E-state index contributed by atoms with van der Waals surface area (Å²) in [6, 6.07) is 13.4. The van der Waals surface area contributed by atoms with Crippen LogP contribution in [0.15, 0.2) is 40.9 Å². The number of nitrogens with zero attached hydrogens (tertiary/aromatic N) is 3. The van der Waals surface area contributed by atoms with Crippen LogP contribution in [0, 0.1) is 11.3 Å². The standard InChI is InChI=1S/C24H24N4O4/c1-14(2)31-21-10-7-15(11-16(21)12-25)24-27-23(28-32-24)19-6-4-5-18-17(19)8-9-20(18)26-13-22(29)30-3/h4-7,10-11,14,20,26H,8-9,13H2,1-3H3. The molecule has 1 N–H and O–H groups in total. The highest BCUT2D eigenvalue weighted by Crippen LogP contribution is 2.37. The first-order valence-electron chi connectivity index (χ1n) is 10.5. The average molecular weight is 432 g/mol. The molecule has 1 unspecified atom stereocenters. The number of ether oxygens (including phenoxy) is 2. The Labute approximate surface area is 186 Å². The smallest absolute Gasteiger partial charge is 0.319 e. The van der Waals surface area contributed by atoms with Crippen LogP contribution in [0.4, 0.5) is 0 Å². The molecular weight excluding hydrogens is 408 g/mol. The number of aromatic nitrogens is 2. The van der Waals surface area contributed by atoms with E-state index in [1.165, 1.54) is 7.11 Å². The van der Waals surface area contributed by atoms with Crippen molar-refractivity contribution in [3.8, 4) is 34.7 Å². The van der Waals surface area contributed by atoms with Crippen molar-refractivity contribution >= 4 is 5.97 Å². The maximum atomic E-state index is 11.5. The lowest BCUT2D eigenvalue weighted by Crippen LogP contribution is -2.27. The molecule has 0 aliphatic heterocycles. The summed E-state index contributed by atoms with van der Waals surface area (Å²) in [5.41, 5.74) is 4.23. The lowest BCUT2D eigenvalue weighted by atomic mass is 10.0. The SMILES string of the molecule is COC(=O)CNC1CCc2c(-c3noc(-c4ccc(OC(C)C)c(C#N)c4)n3)cccc21. The second kappa shape index (κ2) is 9.20. The van der Waals surface area contributed by atoms with Crippen LogP contribution in [0.3, 0.4) is 0 Å². The predicted molar refractivity (Wildman–Crippen MR) is 117 cm³/mol. The highest BCUT2D eigenvalue weighted by atomic mass is 16.5. The number of nitriles is 1. The van der Waals surface area contributed by atoms with Gasteiger partial charge < -0.3 is 19.3 Å². The molecule has 0 bridgehead atoms. The minimum absolute atomic E-state index is 0.0333. The fourth-order valence-corrected chi connectivity index (χ4v) is 3.91. The van der Waals surface area contributed by atoms with Gasteiger partial charge in [0.2, 0.25) is 5.82 Å². The molecule has 1 heterocycles. The number of benzene rings is 2. The van der Waals surface area contributed by atoms with Gasteiger partial charge in [-0.15, -0.1) is 0 Å². The summed E-state index contributed by atoms with van der Waals surface area (Å²) in [4.78, 5) is 16.1. The zero-order valence-corrected chi connectivity index (χ0v) is 18.2. The molecule has 0 fully saturated rings. The van der Waals surface area contributed by atoms with E-state index in [4.69, 9.17) is 14.0 Å². The lowest BCUT2D eigenvalue weighted by molar-refractivity contribution is -0.139. The van der Waals surface area contributed by atoms with Crippen LogP contribution in [0.25, 0.3) is 22.8 Å². The van der Waals surface area contributed by atoms with Crippen LogP contribution in [0.2, 0.25) is 0 Å². The molecule has 1 aliphatic rings. The number of hydrogen-bond acceptors (Lipinski definition) is 8. The van der Waals surface area contributed by atoms with Crippen LogP contribution in [0.5, 0.6) is 5.75 Å². The zero-order chi connectivity index (χ0) is 22.7. The number of methoxy groups -OCH3 is 1. The van der Waals surface area contributed by atoms with Crippen molar-refractivity contribution in [2.24, 2.45) is 0 Å². The molecule has 0 saturated carbocycles. The monoisotopic (exact) mass is 432 g/mol. The highest BCUT2D eigenvalue weighted by molar-refractivity contribution is 5.72. The summed E-state index contributed by atoms with van der Waals surface area (Å²) >= 11 is 0. The van der Waals surface area contributed by atoms with Gasteiger partial charge in [0, 0.05) is 17.2 Å². The normalized spacial score (nSPS) is 14.8. The number of carbonyl (C=O) groups excluding carboxylic acids is 1. The van der Waals surface area contributed by atoms with Gasteiger partial charge in [-0.3, -0.25) is 4.79 Å². The van der Waals surface area contributed by atoms with E-state index in [0.29, 0.717) is 28.6 Å². The van der Waals surface area contributed by atoms with Crippen molar-refractivity contribution in [1.82, 2.24) is 15.5 Å². The van der Waals surface area contributed by atoms with Crippen molar-refractivity contribution in [3.63, 3.8) is 0 Å². The molecule has 4 rings (SSSR count). The molecule has 0 amide bonds. The lowest BCUT2D eigenvalue weighted by Gasteiger charge is -2.13. The molecule has 164 valence electrons. The van der Waals surface area contributed by atoms with Gasteiger partial charge in [-0.25, -0.2) is 0 Å². The van der Waals surface area contributed by atoms with Crippen LogP contribution in [-0.4, -0.2) is 35.9 Å². The van der Waals surface area contributed by atoms with Crippen molar-refractivity contribution in [2.75, 3.05) is 13.7 Å². The molecule has 2 aromatic carbocycles. The van der Waals surface area contributed by atoms with E-state index in [0.717, 1.165) is 29.5 Å². The fraction of sp³-hybridized carbons (Fsp3) is 0.333. The second-order valence-electron chi connectivity index (χ2n) is 7.83. The van der Waals surface area contributed by atoms with Gasteiger partial charge >= 0.3 is 5.97 Å². The molecule has 1 aliphatic carbocycles. The molecule has 32 heavy (non-hydrogen) atoms. The van der Waals surface area contributed by atoms with Crippen LogP contribution < -0.4 is 10.1 Å². The molecule has 0 radical (unpaired) electrons. The van der Waals surface area contributed by atoms with E-state index in [2.05, 4.69) is 27.6 Å². The minimum atomic E-state index is -0.293. The van der Waals surface area contributed by atoms with E-state index in [1.807, 2.05) is 26.0 Å². The van der Waals surface area contributed by atoms with Crippen molar-refractivity contribution in [1.29, 1.82) is 5.26 Å². The van der Waals surface area contributed by atoms with Gasteiger partial charge in [0.05, 0.1) is 25.3 Å². The van der Waals surface area contributed by atoms with Crippen LogP contribution in [-0.2, 0) is 16.0 Å². The summed E-state index contributed by atoms with van der Waals surface area (Å²) < 4.78 is 15.9. The maximum absolute atomic E-state index is 11.5. The summed E-state index contributed by atoms with van der Waals surface area (Å²) in [5, 5.41) is 16.9. The number of fused-ring (bicyclic) bond motifs is 1. The van der Waals surface area contributed by atoms with Gasteiger partial charge in [-0.2, -0.15) is 10.2 Å². The molecule has 0 saturated heterocycles. The van der Waals surface area contributed by atoms with E-state index >= 15 is 0 Å². The van der Waals surface area contributed by atoms with Crippen LogP contribution >= 0.6 is 0 Å². The summed E-state index contributed by atoms with van der Waals surface area (Å²) in [7, 11) is 1.38. The molecule has 0 spiro atoms. The highest BCUT2D eigenvalue weighted by Gasteiger charge is 2.27. The third-order valence-electron chi connectivity index (χ3n) is 5.37. The number of hydrogen-bond donors (Lipinski definition) is 1. The minimum Gasteiger partial charge on any atom is -0.490 e. The Balaban J connectivity index is 1.60. The Morgan fingerprint density at radius 1 is 1.34 bits per heavy atom. The molecule has 1 aromatic heterocycles. The van der Waals surface area contributed by atoms with E-state index < -0.39 is 0 Å².